The molecule has 196 valence electrons. The van der Waals surface area contributed by atoms with Crippen molar-refractivity contribution in [2.75, 3.05) is 10.8 Å². The molecule has 1 heterocycles. The number of para-hydroxylation sites is 1. The molecule has 0 atom stereocenters. The lowest BCUT2D eigenvalue weighted by molar-refractivity contribution is -0.119. The van der Waals surface area contributed by atoms with Gasteiger partial charge in [0.1, 0.15) is 6.54 Å². The number of aromatic nitrogens is 2. The van der Waals surface area contributed by atoms with E-state index in [1.54, 1.807) is 22.9 Å². The fourth-order valence-corrected chi connectivity index (χ4v) is 5.75. The largest absolute Gasteiger partial charge is 0.271 e. The van der Waals surface area contributed by atoms with Crippen molar-refractivity contribution in [1.29, 1.82) is 0 Å². The summed E-state index contributed by atoms with van der Waals surface area (Å²) in [6, 6.07) is 21.4. The van der Waals surface area contributed by atoms with Crippen LogP contribution in [0.2, 0.25) is 5.15 Å². The first-order valence-corrected chi connectivity index (χ1v) is 13.7. The lowest BCUT2D eigenvalue weighted by Crippen LogP contribution is -2.40. The van der Waals surface area contributed by atoms with Crippen molar-refractivity contribution >= 4 is 39.4 Å². The van der Waals surface area contributed by atoms with E-state index in [9.17, 15) is 13.2 Å². The summed E-state index contributed by atoms with van der Waals surface area (Å²) in [7, 11) is -4.03. The highest BCUT2D eigenvalue weighted by atomic mass is 35.5. The van der Waals surface area contributed by atoms with Crippen molar-refractivity contribution in [3.05, 3.63) is 106 Å². The van der Waals surface area contributed by atoms with E-state index in [1.807, 2.05) is 70.2 Å². The highest BCUT2D eigenvalue weighted by molar-refractivity contribution is 7.92. The SMILES string of the molecule is Cc1ccc(S(=O)(=O)N(CC(=O)N/N=C\c2c(Cl)nn(-c3ccccc3)c2C)c2ccc(C)cc2C)cc1. The van der Waals surface area contributed by atoms with Crippen LogP contribution in [-0.4, -0.2) is 36.9 Å². The van der Waals surface area contributed by atoms with E-state index in [4.69, 9.17) is 11.6 Å². The lowest BCUT2D eigenvalue weighted by Gasteiger charge is -2.25. The van der Waals surface area contributed by atoms with Crippen LogP contribution in [0, 0.1) is 27.7 Å². The molecule has 0 bridgehead atoms. The molecule has 0 aliphatic rings. The number of sulfonamides is 1. The maximum Gasteiger partial charge on any atom is 0.264 e. The zero-order valence-electron chi connectivity index (χ0n) is 21.5. The molecule has 1 N–H and O–H groups in total. The standard InChI is InChI=1S/C28H28ClN5O3S/c1-19-10-13-24(14-11-19)38(36,37)33(26-15-12-20(2)16-21(26)3)18-27(35)31-30-17-25-22(4)34(32-28(25)29)23-8-6-5-7-9-23/h5-17H,18H2,1-4H3,(H,31,35)/b30-17-. The van der Waals surface area contributed by atoms with Gasteiger partial charge in [-0.1, -0.05) is 65.2 Å². The molecule has 0 radical (unpaired) electrons. The Balaban J connectivity index is 1.58. The Morgan fingerprint density at radius 3 is 2.32 bits per heavy atom. The number of halogens is 1. The molecule has 0 saturated carbocycles. The second-order valence-corrected chi connectivity index (χ2v) is 11.2. The van der Waals surface area contributed by atoms with Gasteiger partial charge in [0.15, 0.2) is 5.15 Å². The monoisotopic (exact) mass is 549 g/mol. The topological polar surface area (TPSA) is 96.7 Å². The molecular weight excluding hydrogens is 522 g/mol. The van der Waals surface area contributed by atoms with Crippen LogP contribution in [0.5, 0.6) is 0 Å². The Hall–Kier alpha value is -3.95. The van der Waals surface area contributed by atoms with E-state index in [-0.39, 0.29) is 10.0 Å². The number of hydrazone groups is 1. The minimum atomic E-state index is -4.03. The maximum atomic E-state index is 13.6. The zero-order valence-corrected chi connectivity index (χ0v) is 23.1. The van der Waals surface area contributed by atoms with Crippen LogP contribution in [0.15, 0.2) is 82.8 Å². The first-order chi connectivity index (χ1) is 18.1. The van der Waals surface area contributed by atoms with E-state index in [0.717, 1.165) is 32.4 Å². The van der Waals surface area contributed by atoms with Gasteiger partial charge in [-0.3, -0.25) is 9.10 Å². The molecule has 0 fully saturated rings. The number of hydrogen-bond acceptors (Lipinski definition) is 5. The minimum absolute atomic E-state index is 0.0927. The van der Waals surface area contributed by atoms with Crippen LogP contribution in [-0.2, 0) is 14.8 Å². The molecule has 3 aromatic carbocycles. The molecule has 0 aliphatic carbocycles. The summed E-state index contributed by atoms with van der Waals surface area (Å²) >= 11 is 6.33. The van der Waals surface area contributed by atoms with Gasteiger partial charge in [0.05, 0.1) is 33.7 Å². The number of amides is 1. The number of nitrogens with one attached hydrogen (secondary N) is 1. The second-order valence-electron chi connectivity index (χ2n) is 8.95. The van der Waals surface area contributed by atoms with Crippen LogP contribution in [0.1, 0.15) is 27.9 Å². The van der Waals surface area contributed by atoms with E-state index in [0.29, 0.717) is 11.3 Å². The van der Waals surface area contributed by atoms with Gasteiger partial charge in [0, 0.05) is 0 Å². The molecular formula is C28H28ClN5O3S. The molecule has 0 spiro atoms. The third-order valence-corrected chi connectivity index (χ3v) is 8.07. The van der Waals surface area contributed by atoms with E-state index >= 15 is 0 Å². The fourth-order valence-electron chi connectivity index (χ4n) is 4.00. The molecule has 10 heteroatoms. The van der Waals surface area contributed by atoms with E-state index in [2.05, 4.69) is 15.6 Å². The third-order valence-electron chi connectivity index (χ3n) is 6.02. The van der Waals surface area contributed by atoms with Gasteiger partial charge in [0.2, 0.25) is 0 Å². The van der Waals surface area contributed by atoms with E-state index in [1.165, 1.54) is 18.3 Å². The zero-order chi connectivity index (χ0) is 27.4. The third kappa shape index (κ3) is 5.79. The smallest absolute Gasteiger partial charge is 0.264 e. The number of carbonyl (C=O) groups is 1. The number of carbonyl (C=O) groups excluding carboxylic acids is 1. The van der Waals surface area contributed by atoms with E-state index < -0.39 is 22.5 Å². The molecule has 38 heavy (non-hydrogen) atoms. The first kappa shape index (κ1) is 27.1. The highest BCUT2D eigenvalue weighted by Gasteiger charge is 2.28. The molecule has 1 aromatic heterocycles. The number of aryl methyl sites for hydroxylation is 3. The van der Waals surface area contributed by atoms with Gasteiger partial charge < -0.3 is 0 Å². The number of benzene rings is 3. The second kappa shape index (κ2) is 11.2. The summed E-state index contributed by atoms with van der Waals surface area (Å²) in [6.45, 7) is 6.98. The Labute approximate surface area is 227 Å². The Kier molecular flexibility index (Phi) is 7.99. The quantitative estimate of drug-likeness (QED) is 0.244. The van der Waals surface area contributed by atoms with Gasteiger partial charge in [0.25, 0.3) is 15.9 Å². The van der Waals surface area contributed by atoms with Gasteiger partial charge in [-0.2, -0.15) is 10.2 Å². The van der Waals surface area contributed by atoms with Crippen molar-refractivity contribution in [2.24, 2.45) is 5.10 Å². The Bertz CT molecular complexity index is 1600. The average Bonchev–Trinajstić information content (AvgIpc) is 3.17. The summed E-state index contributed by atoms with van der Waals surface area (Å²) in [5, 5.41) is 8.61. The Morgan fingerprint density at radius 1 is 1.00 bits per heavy atom. The van der Waals surface area contributed by atoms with Gasteiger partial charge in [-0.25, -0.2) is 18.5 Å². The fraction of sp³-hybridized carbons (Fsp3) is 0.179. The van der Waals surface area contributed by atoms with Crippen LogP contribution < -0.4 is 9.73 Å². The van der Waals surface area contributed by atoms with Gasteiger partial charge in [-0.05, 0) is 63.6 Å². The van der Waals surface area contributed by atoms with Crippen molar-refractivity contribution < 1.29 is 13.2 Å². The highest BCUT2D eigenvalue weighted by Crippen LogP contribution is 2.28. The molecule has 1 amide bonds. The van der Waals surface area contributed by atoms with Crippen LogP contribution in [0.25, 0.3) is 5.69 Å². The predicted octanol–water partition coefficient (Wildman–Crippen LogP) is 5.10. The molecule has 4 aromatic rings. The lowest BCUT2D eigenvalue weighted by atomic mass is 10.1. The summed E-state index contributed by atoms with van der Waals surface area (Å²) in [5.74, 6) is -0.610. The maximum absolute atomic E-state index is 13.6. The number of rotatable bonds is 8. The summed E-state index contributed by atoms with van der Waals surface area (Å²) in [4.78, 5) is 13.0. The van der Waals surface area contributed by atoms with Crippen LogP contribution in [0.3, 0.4) is 0 Å². The number of nitrogens with zero attached hydrogens (tertiary/aromatic N) is 4. The predicted molar refractivity (Wildman–Crippen MR) is 151 cm³/mol. The average molecular weight is 550 g/mol. The van der Waals surface area contributed by atoms with Crippen molar-refractivity contribution in [2.45, 2.75) is 32.6 Å². The molecule has 8 nitrogen and oxygen atoms in total. The van der Waals surface area contributed by atoms with Crippen molar-refractivity contribution in [3.63, 3.8) is 0 Å². The summed E-state index contributed by atoms with van der Waals surface area (Å²) in [5.41, 5.74) is 7.59. The Morgan fingerprint density at radius 2 is 1.66 bits per heavy atom. The molecule has 0 unspecified atom stereocenters. The van der Waals surface area contributed by atoms with Crippen LogP contribution in [0.4, 0.5) is 5.69 Å². The molecule has 0 saturated heterocycles. The normalized spacial score (nSPS) is 11.6. The molecule has 4 rings (SSSR count). The number of anilines is 1. The first-order valence-electron chi connectivity index (χ1n) is 11.9. The summed E-state index contributed by atoms with van der Waals surface area (Å²) < 4.78 is 30.0. The van der Waals surface area contributed by atoms with Crippen molar-refractivity contribution in [1.82, 2.24) is 15.2 Å². The van der Waals surface area contributed by atoms with Crippen LogP contribution >= 0.6 is 11.6 Å². The summed E-state index contributed by atoms with van der Waals surface area (Å²) in [6.07, 6.45) is 1.40. The molecule has 0 aliphatic heterocycles. The number of hydrogen-bond donors (Lipinski definition) is 1. The minimum Gasteiger partial charge on any atom is -0.271 e. The van der Waals surface area contributed by atoms with Gasteiger partial charge >= 0.3 is 0 Å². The van der Waals surface area contributed by atoms with Crippen molar-refractivity contribution in [3.8, 4) is 5.69 Å². The van der Waals surface area contributed by atoms with Gasteiger partial charge in [-0.15, -0.1) is 0 Å².